The van der Waals surface area contributed by atoms with Crippen LogP contribution in [0.5, 0.6) is 0 Å². The standard InChI is InChI=1S/C13H23NO6S/c1-11(2,3)19-9(15)13(7)8-18-21(17)14(13)10(16)20-12(4,5)6/h8H2,1-7H3/t13-,21?/m1/s1. The molecule has 0 radical (unpaired) electrons. The zero-order valence-electron chi connectivity index (χ0n) is 13.5. The molecule has 0 spiro atoms. The summed E-state index contributed by atoms with van der Waals surface area (Å²) in [7, 11) is 0. The van der Waals surface area contributed by atoms with E-state index in [-0.39, 0.29) is 6.61 Å². The van der Waals surface area contributed by atoms with Crippen molar-refractivity contribution in [3.63, 3.8) is 0 Å². The second-order valence-corrected chi connectivity index (χ2v) is 8.06. The maximum absolute atomic E-state index is 12.3. The van der Waals surface area contributed by atoms with Crippen LogP contribution in [0.25, 0.3) is 0 Å². The molecule has 7 nitrogen and oxygen atoms in total. The molecule has 0 aliphatic carbocycles. The molecule has 1 unspecified atom stereocenters. The molecule has 1 fully saturated rings. The van der Waals surface area contributed by atoms with Crippen LogP contribution in [-0.2, 0) is 29.7 Å². The lowest BCUT2D eigenvalue weighted by molar-refractivity contribution is -0.165. The van der Waals surface area contributed by atoms with E-state index in [0.29, 0.717) is 0 Å². The minimum atomic E-state index is -2.09. The van der Waals surface area contributed by atoms with Crippen molar-refractivity contribution >= 4 is 23.3 Å². The topological polar surface area (TPSA) is 82.1 Å². The molecule has 0 aromatic heterocycles. The SMILES string of the molecule is CC(C)(C)OC(=O)N1S(=O)OC[C@]1(C)C(=O)OC(C)(C)C. The van der Waals surface area contributed by atoms with Gasteiger partial charge in [0.25, 0.3) is 11.3 Å². The molecule has 0 saturated carbocycles. The number of ether oxygens (including phenoxy) is 2. The summed E-state index contributed by atoms with van der Waals surface area (Å²) in [6, 6.07) is 0. The Hall–Kier alpha value is -1.15. The first kappa shape index (κ1) is 17.9. The minimum Gasteiger partial charge on any atom is -0.458 e. The molecule has 0 N–H and O–H groups in total. The normalized spacial score (nSPS) is 26.6. The van der Waals surface area contributed by atoms with Gasteiger partial charge in [0.05, 0.1) is 0 Å². The molecule has 2 atom stereocenters. The summed E-state index contributed by atoms with van der Waals surface area (Å²) in [6.07, 6.45) is -0.883. The first-order valence-electron chi connectivity index (χ1n) is 6.58. The number of nitrogens with zero attached hydrogens (tertiary/aromatic N) is 1. The molecular formula is C13H23NO6S. The Labute approximate surface area is 127 Å². The lowest BCUT2D eigenvalue weighted by Gasteiger charge is -2.32. The second kappa shape index (κ2) is 5.57. The Balaban J connectivity index is 3.02. The monoisotopic (exact) mass is 321 g/mol. The van der Waals surface area contributed by atoms with E-state index < -0.39 is 40.1 Å². The van der Waals surface area contributed by atoms with Crippen molar-refractivity contribution in [3.8, 4) is 0 Å². The molecule has 8 heteroatoms. The highest BCUT2D eigenvalue weighted by Gasteiger charge is 2.55. The molecule has 122 valence electrons. The summed E-state index contributed by atoms with van der Waals surface area (Å²) >= 11 is -2.09. The average Bonchev–Trinajstić information content (AvgIpc) is 2.51. The molecule has 1 aliphatic rings. The Morgan fingerprint density at radius 1 is 1.10 bits per heavy atom. The van der Waals surface area contributed by atoms with E-state index in [1.54, 1.807) is 41.5 Å². The fraction of sp³-hybridized carbons (Fsp3) is 0.846. The van der Waals surface area contributed by atoms with Crippen LogP contribution in [0.1, 0.15) is 48.5 Å². The van der Waals surface area contributed by atoms with Crippen LogP contribution in [0.2, 0.25) is 0 Å². The van der Waals surface area contributed by atoms with Crippen molar-refractivity contribution in [2.45, 2.75) is 65.2 Å². The molecule has 1 rings (SSSR count). The van der Waals surface area contributed by atoms with Crippen molar-refractivity contribution in [3.05, 3.63) is 0 Å². The average molecular weight is 321 g/mol. The summed E-state index contributed by atoms with van der Waals surface area (Å²) in [4.78, 5) is 24.5. The van der Waals surface area contributed by atoms with Gasteiger partial charge in [-0.3, -0.25) is 4.18 Å². The third-order valence-electron chi connectivity index (χ3n) is 2.44. The smallest absolute Gasteiger partial charge is 0.425 e. The first-order valence-corrected chi connectivity index (χ1v) is 7.61. The molecule has 21 heavy (non-hydrogen) atoms. The number of hydrogen-bond donors (Lipinski definition) is 0. The van der Waals surface area contributed by atoms with E-state index in [9.17, 15) is 13.8 Å². The van der Waals surface area contributed by atoms with E-state index in [1.807, 2.05) is 0 Å². The largest absolute Gasteiger partial charge is 0.458 e. The predicted octanol–water partition coefficient (Wildman–Crippen LogP) is 1.93. The van der Waals surface area contributed by atoms with Crippen LogP contribution in [0.3, 0.4) is 0 Å². The number of carbonyl (C=O) groups excluding carboxylic acids is 2. The quantitative estimate of drug-likeness (QED) is 0.686. The van der Waals surface area contributed by atoms with Gasteiger partial charge in [-0.1, -0.05) is 0 Å². The number of rotatable bonds is 1. The van der Waals surface area contributed by atoms with Gasteiger partial charge in [0.15, 0.2) is 5.54 Å². The molecule has 0 bridgehead atoms. The van der Waals surface area contributed by atoms with Gasteiger partial charge in [-0.2, -0.15) is 4.31 Å². The molecular weight excluding hydrogens is 298 g/mol. The van der Waals surface area contributed by atoms with Crippen LogP contribution >= 0.6 is 0 Å². The van der Waals surface area contributed by atoms with Gasteiger partial charge in [0.2, 0.25) is 0 Å². The Morgan fingerprint density at radius 2 is 1.57 bits per heavy atom. The highest BCUT2D eigenvalue weighted by atomic mass is 32.2. The molecule has 1 amide bonds. The highest BCUT2D eigenvalue weighted by Crippen LogP contribution is 2.31. The number of amides is 1. The summed E-state index contributed by atoms with van der Waals surface area (Å²) in [5.41, 5.74) is -3.00. The third-order valence-corrected chi connectivity index (χ3v) is 3.61. The first-order chi connectivity index (χ1) is 9.26. The molecule has 0 aromatic rings. The zero-order chi connectivity index (χ0) is 16.6. The lowest BCUT2D eigenvalue weighted by atomic mass is 10.0. The second-order valence-electron chi connectivity index (χ2n) is 7.03. The van der Waals surface area contributed by atoms with Gasteiger partial charge in [0, 0.05) is 0 Å². The fourth-order valence-corrected chi connectivity index (χ4v) is 2.59. The van der Waals surface area contributed by atoms with E-state index in [1.165, 1.54) is 6.92 Å². The number of carbonyl (C=O) groups is 2. The molecule has 1 saturated heterocycles. The number of hydrogen-bond acceptors (Lipinski definition) is 6. The molecule has 1 heterocycles. The van der Waals surface area contributed by atoms with E-state index in [4.69, 9.17) is 13.7 Å². The van der Waals surface area contributed by atoms with Crippen molar-refractivity contribution in [2.75, 3.05) is 6.61 Å². The van der Waals surface area contributed by atoms with Crippen molar-refractivity contribution < 1.29 is 27.5 Å². The summed E-state index contributed by atoms with van der Waals surface area (Å²) < 4.78 is 28.1. The van der Waals surface area contributed by atoms with Crippen LogP contribution in [0.15, 0.2) is 0 Å². The zero-order valence-corrected chi connectivity index (χ0v) is 14.3. The van der Waals surface area contributed by atoms with Crippen LogP contribution in [0.4, 0.5) is 4.79 Å². The van der Waals surface area contributed by atoms with Gasteiger partial charge in [-0.05, 0) is 48.5 Å². The third kappa shape index (κ3) is 4.41. The fourth-order valence-electron chi connectivity index (χ4n) is 1.54. The summed E-state index contributed by atoms with van der Waals surface area (Å²) in [6.45, 7) is 11.4. The van der Waals surface area contributed by atoms with Crippen LogP contribution in [0, 0.1) is 0 Å². The van der Waals surface area contributed by atoms with Crippen molar-refractivity contribution in [1.29, 1.82) is 0 Å². The van der Waals surface area contributed by atoms with E-state index in [0.717, 1.165) is 4.31 Å². The summed E-state index contributed by atoms with van der Waals surface area (Å²) in [5.74, 6) is -0.688. The Kier molecular flexibility index (Phi) is 4.74. The Morgan fingerprint density at radius 3 is 2.00 bits per heavy atom. The minimum absolute atomic E-state index is 0.215. The van der Waals surface area contributed by atoms with Gasteiger partial charge < -0.3 is 9.47 Å². The molecule has 0 aromatic carbocycles. The lowest BCUT2D eigenvalue weighted by Crippen LogP contribution is -2.55. The van der Waals surface area contributed by atoms with Gasteiger partial charge in [0.1, 0.15) is 17.8 Å². The van der Waals surface area contributed by atoms with Crippen molar-refractivity contribution in [1.82, 2.24) is 4.31 Å². The number of esters is 1. The van der Waals surface area contributed by atoms with Crippen molar-refractivity contribution in [2.24, 2.45) is 0 Å². The summed E-state index contributed by atoms with van der Waals surface area (Å²) in [5, 5.41) is 0. The Bertz CT molecular complexity index is 464. The van der Waals surface area contributed by atoms with E-state index in [2.05, 4.69) is 0 Å². The predicted molar refractivity (Wildman–Crippen MR) is 76.4 cm³/mol. The van der Waals surface area contributed by atoms with Gasteiger partial charge in [-0.25, -0.2) is 13.8 Å². The van der Waals surface area contributed by atoms with Gasteiger partial charge >= 0.3 is 12.1 Å². The van der Waals surface area contributed by atoms with E-state index >= 15 is 0 Å². The maximum Gasteiger partial charge on any atom is 0.425 e. The highest BCUT2D eigenvalue weighted by molar-refractivity contribution is 7.78. The van der Waals surface area contributed by atoms with Crippen LogP contribution < -0.4 is 0 Å². The van der Waals surface area contributed by atoms with Gasteiger partial charge in [-0.15, -0.1) is 0 Å². The maximum atomic E-state index is 12.3. The van der Waals surface area contributed by atoms with Crippen LogP contribution in [-0.4, -0.2) is 43.9 Å². The molecule has 1 aliphatic heterocycles.